The van der Waals surface area contributed by atoms with Crippen LogP contribution in [-0.2, 0) is 39.6 Å². The monoisotopic (exact) mass is 604 g/mol. The largest absolute Gasteiger partial charge is 0.428 e. The second kappa shape index (κ2) is 9.75. The third kappa shape index (κ3) is 4.90. The Bertz CT molecular complexity index is 1170. The Hall–Kier alpha value is -1.36. The van der Waals surface area contributed by atoms with Crippen molar-refractivity contribution < 1.29 is 69.9 Å². The van der Waals surface area contributed by atoms with Gasteiger partial charge in [0, 0.05) is 26.2 Å². The maximum Gasteiger partial charge on any atom is 0.428 e. The van der Waals surface area contributed by atoms with Gasteiger partial charge in [0.15, 0.2) is 20.0 Å². The van der Waals surface area contributed by atoms with Crippen molar-refractivity contribution in [2.24, 2.45) is 0 Å². The molecule has 2 aliphatic heterocycles. The summed E-state index contributed by atoms with van der Waals surface area (Å²) in [6, 6.07) is 0. The van der Waals surface area contributed by atoms with Crippen LogP contribution in [0.4, 0.5) is 35.1 Å². The lowest BCUT2D eigenvalue weighted by molar-refractivity contribution is -0.244. The summed E-state index contributed by atoms with van der Waals surface area (Å²) in [6.07, 6.45) is 0.0114. The van der Waals surface area contributed by atoms with Gasteiger partial charge in [-0.15, -0.1) is 0 Å². The minimum atomic E-state index is -7.88. The van der Waals surface area contributed by atoms with Crippen LogP contribution < -0.4 is 0 Å². The number of halogens is 8. The smallest absolute Gasteiger partial charge is 0.425 e. The molecule has 0 bridgehead atoms. The second-order valence-electron chi connectivity index (χ2n) is 7.52. The maximum atomic E-state index is 14.3. The molecule has 0 atom stereocenters. The number of hydrogen-bond donors (Lipinski definition) is 0. The van der Waals surface area contributed by atoms with E-state index in [0.717, 1.165) is 4.13 Å². The Balaban J connectivity index is 2.42. The summed E-state index contributed by atoms with van der Waals surface area (Å²) in [7, 11) is -21.8. The second-order valence-corrected chi connectivity index (χ2v) is 13.0. The third-order valence-corrected chi connectivity index (χ3v) is 10.3. The predicted octanol–water partition coefficient (Wildman–Crippen LogP) is 1.11. The Labute approximate surface area is 199 Å². The van der Waals surface area contributed by atoms with Gasteiger partial charge in [0.05, 0.1) is 13.2 Å². The van der Waals surface area contributed by atoms with Crippen molar-refractivity contribution in [2.45, 2.75) is 40.9 Å². The minimum absolute atomic E-state index is 0.106. The SMILES string of the molecule is O=C(N1CCOCC1)C(F)(F)S(=O)(=O)[N-]S(=O)(=O)C(F)(F)C(F)(F)C(F)(F)S(=O)(=O)N1CCCCC1. The first-order valence-corrected chi connectivity index (χ1v) is 14.0. The van der Waals surface area contributed by atoms with Crippen LogP contribution in [0.3, 0.4) is 0 Å². The van der Waals surface area contributed by atoms with Gasteiger partial charge in [0.2, 0.25) is 0 Å². The highest BCUT2D eigenvalue weighted by Gasteiger charge is 2.81. The molecule has 2 rings (SSSR count). The molecule has 0 aromatic rings. The van der Waals surface area contributed by atoms with E-state index >= 15 is 0 Å². The molecule has 2 heterocycles. The fourth-order valence-corrected chi connectivity index (χ4v) is 7.21. The molecule has 212 valence electrons. The molecule has 2 aliphatic rings. The Morgan fingerprint density at radius 2 is 1.17 bits per heavy atom. The lowest BCUT2D eigenvalue weighted by atomic mass is 10.2. The number of ether oxygens (including phenoxy) is 1. The Kier molecular flexibility index (Phi) is 8.36. The molecule has 1 amide bonds. The average molecular weight is 604 g/mol. The summed E-state index contributed by atoms with van der Waals surface area (Å²) < 4.78 is 190. The summed E-state index contributed by atoms with van der Waals surface area (Å²) in [6.45, 7) is -3.71. The molecule has 0 N–H and O–H groups in total. The molecule has 11 nitrogen and oxygen atoms in total. The zero-order chi connectivity index (χ0) is 28.0. The van der Waals surface area contributed by atoms with Crippen molar-refractivity contribution in [1.29, 1.82) is 0 Å². The van der Waals surface area contributed by atoms with E-state index in [1.165, 1.54) is 0 Å². The number of carbonyl (C=O) groups excluding carboxylic acids is 1. The van der Waals surface area contributed by atoms with Crippen LogP contribution in [0.5, 0.6) is 0 Å². The summed E-state index contributed by atoms with van der Waals surface area (Å²) in [5, 5.41) is -20.1. The van der Waals surface area contributed by atoms with Gasteiger partial charge in [-0.2, -0.15) is 39.4 Å². The number of alkyl halides is 8. The molecular formula is C14H18F8N3O8S3-. The maximum absolute atomic E-state index is 14.3. The van der Waals surface area contributed by atoms with Crippen molar-refractivity contribution in [3.05, 3.63) is 4.13 Å². The summed E-state index contributed by atoms with van der Waals surface area (Å²) >= 11 is 0. The molecule has 0 aromatic heterocycles. The van der Waals surface area contributed by atoms with E-state index in [4.69, 9.17) is 4.74 Å². The summed E-state index contributed by atoms with van der Waals surface area (Å²) in [4.78, 5) is 11.9. The van der Waals surface area contributed by atoms with Gasteiger partial charge in [-0.1, -0.05) is 6.42 Å². The van der Waals surface area contributed by atoms with E-state index in [2.05, 4.69) is 0 Å². The van der Waals surface area contributed by atoms with E-state index in [-0.39, 0.29) is 41.7 Å². The Morgan fingerprint density at radius 3 is 1.64 bits per heavy atom. The van der Waals surface area contributed by atoms with Gasteiger partial charge in [-0.05, 0) is 12.8 Å². The van der Waals surface area contributed by atoms with Crippen LogP contribution in [0.2, 0.25) is 0 Å². The number of amides is 1. The number of rotatable bonds is 9. The molecule has 2 saturated heterocycles. The van der Waals surface area contributed by atoms with Crippen LogP contribution in [-0.4, -0.2) is 101 Å². The van der Waals surface area contributed by atoms with Crippen LogP contribution in [0.25, 0.3) is 4.13 Å². The number of carbonyl (C=O) groups is 1. The molecule has 2 fully saturated rings. The highest BCUT2D eigenvalue weighted by atomic mass is 32.3. The highest BCUT2D eigenvalue weighted by Crippen LogP contribution is 2.53. The lowest BCUT2D eigenvalue weighted by Crippen LogP contribution is -2.63. The van der Waals surface area contributed by atoms with Gasteiger partial charge >= 0.3 is 27.6 Å². The predicted molar refractivity (Wildman–Crippen MR) is 103 cm³/mol. The molecule has 36 heavy (non-hydrogen) atoms. The summed E-state index contributed by atoms with van der Waals surface area (Å²) in [5.74, 6) is -10.1. The van der Waals surface area contributed by atoms with Crippen molar-refractivity contribution >= 4 is 36.0 Å². The normalized spacial score (nSPS) is 20.4. The van der Waals surface area contributed by atoms with Crippen LogP contribution in [0.1, 0.15) is 19.3 Å². The molecule has 0 aliphatic carbocycles. The van der Waals surface area contributed by atoms with E-state index in [1.54, 1.807) is 0 Å². The number of piperidine rings is 1. The average Bonchev–Trinajstić information content (AvgIpc) is 2.78. The van der Waals surface area contributed by atoms with Crippen molar-refractivity contribution in [1.82, 2.24) is 9.21 Å². The lowest BCUT2D eigenvalue weighted by Gasteiger charge is -2.38. The first-order chi connectivity index (χ1) is 16.1. The standard InChI is InChI=1S/C14H18F8N3O8S3/c15-11(16,10(26)24-6-8-33-9-7-24)34(27,28)23-35(29,30)13(19,20)12(17,18)14(21,22)36(31,32)25-4-2-1-3-5-25/h1-9H2/q-1. The number of sulfonamides is 3. The molecule has 22 heteroatoms. The first-order valence-electron chi connectivity index (χ1n) is 9.69. The third-order valence-electron chi connectivity index (χ3n) is 5.10. The zero-order valence-electron chi connectivity index (χ0n) is 17.7. The van der Waals surface area contributed by atoms with E-state index < -0.39 is 83.8 Å². The topological polar surface area (TPSA) is 149 Å². The van der Waals surface area contributed by atoms with Gasteiger partial charge in [0.1, 0.15) is 0 Å². The van der Waals surface area contributed by atoms with Gasteiger partial charge in [-0.25, -0.2) is 25.3 Å². The van der Waals surface area contributed by atoms with Gasteiger partial charge in [0.25, 0.3) is 10.0 Å². The van der Waals surface area contributed by atoms with Crippen molar-refractivity contribution in [3.63, 3.8) is 0 Å². The van der Waals surface area contributed by atoms with Crippen LogP contribution >= 0.6 is 0 Å². The molecule has 0 saturated carbocycles. The first kappa shape index (κ1) is 30.9. The molecule has 0 radical (unpaired) electrons. The molecule has 0 aromatic carbocycles. The minimum Gasteiger partial charge on any atom is -0.425 e. The number of nitrogens with zero attached hydrogens (tertiary/aromatic N) is 3. The number of morpholine rings is 1. The fourth-order valence-electron chi connectivity index (χ4n) is 3.04. The van der Waals surface area contributed by atoms with Crippen LogP contribution in [0, 0.1) is 0 Å². The van der Waals surface area contributed by atoms with E-state index in [1.807, 2.05) is 0 Å². The molecule has 0 spiro atoms. The van der Waals surface area contributed by atoms with E-state index in [0.29, 0.717) is 0 Å². The molecular weight excluding hydrogens is 586 g/mol. The zero-order valence-corrected chi connectivity index (χ0v) is 20.2. The number of hydrogen-bond acceptors (Lipinski definition) is 8. The Morgan fingerprint density at radius 1 is 0.694 bits per heavy atom. The van der Waals surface area contributed by atoms with Gasteiger partial charge < -0.3 is 13.8 Å². The van der Waals surface area contributed by atoms with Crippen LogP contribution in [0.15, 0.2) is 0 Å². The fraction of sp³-hybridized carbons (Fsp3) is 0.929. The van der Waals surface area contributed by atoms with Crippen molar-refractivity contribution in [3.8, 4) is 0 Å². The summed E-state index contributed by atoms with van der Waals surface area (Å²) in [5.41, 5.74) is 0. The van der Waals surface area contributed by atoms with Gasteiger partial charge in [-0.3, -0.25) is 4.79 Å². The molecule has 0 unspecified atom stereocenters. The van der Waals surface area contributed by atoms with E-state index in [9.17, 15) is 65.2 Å². The quantitative estimate of drug-likeness (QED) is 0.356. The van der Waals surface area contributed by atoms with Crippen molar-refractivity contribution in [2.75, 3.05) is 39.4 Å². The highest BCUT2D eigenvalue weighted by molar-refractivity contribution is 8.13.